The van der Waals surface area contributed by atoms with Gasteiger partial charge >= 0.3 is 0 Å². The highest BCUT2D eigenvalue weighted by Gasteiger charge is 2.10. The van der Waals surface area contributed by atoms with Crippen LogP contribution in [0.3, 0.4) is 0 Å². The minimum absolute atomic E-state index is 0.370. The second kappa shape index (κ2) is 7.48. The van der Waals surface area contributed by atoms with E-state index < -0.39 is 0 Å². The molecular weight excluding hydrogens is 184 g/mol. The second-order valence-electron chi connectivity index (χ2n) is 4.82. The number of unbranched alkanes of at least 4 members (excludes halogenated alkanes) is 3. The van der Waals surface area contributed by atoms with E-state index in [1.54, 1.807) is 0 Å². The Morgan fingerprint density at radius 1 is 1.27 bits per heavy atom. The highest BCUT2D eigenvalue weighted by molar-refractivity contribution is 5.61. The fraction of sp³-hybridized carbons (Fsp3) is 0.714. The van der Waals surface area contributed by atoms with Crippen LogP contribution in [0.2, 0.25) is 0 Å². The molecule has 0 saturated carbocycles. The number of allylic oxidation sites excluding steroid dienone is 1. The molecule has 0 atom stereocenters. The van der Waals surface area contributed by atoms with Crippen molar-refractivity contribution >= 4 is 6.29 Å². The summed E-state index contributed by atoms with van der Waals surface area (Å²) in [4.78, 5) is 10.7. The van der Waals surface area contributed by atoms with Crippen molar-refractivity contribution in [2.45, 2.75) is 59.8 Å². The Morgan fingerprint density at radius 2 is 1.93 bits per heavy atom. The molecule has 0 aliphatic heterocycles. The molecule has 0 unspecified atom stereocenters. The van der Waals surface area contributed by atoms with Crippen LogP contribution in [-0.4, -0.2) is 6.29 Å². The molecule has 0 aromatic heterocycles. The zero-order chi connectivity index (χ0) is 11.7. The molecule has 1 heteroatoms. The van der Waals surface area contributed by atoms with Gasteiger partial charge in [-0.3, -0.25) is 0 Å². The van der Waals surface area contributed by atoms with Gasteiger partial charge in [0.25, 0.3) is 0 Å². The standard InChI is InChI=1S/C14H24O/c1-5-6-7-8-9-13(2)10-11-14(3,4)12-15/h11-12H,5-9H2,1-4H3. The molecule has 0 bridgehead atoms. The molecule has 86 valence electrons. The van der Waals surface area contributed by atoms with Crippen LogP contribution >= 0.6 is 0 Å². The summed E-state index contributed by atoms with van der Waals surface area (Å²) in [5.41, 5.74) is 4.09. The van der Waals surface area contributed by atoms with Crippen molar-refractivity contribution in [3.8, 4) is 0 Å². The van der Waals surface area contributed by atoms with Crippen LogP contribution in [0.25, 0.3) is 0 Å². The Bertz CT molecular complexity index is 242. The van der Waals surface area contributed by atoms with Crippen LogP contribution in [0, 0.1) is 5.41 Å². The molecule has 0 aromatic rings. The van der Waals surface area contributed by atoms with E-state index in [2.05, 4.69) is 19.6 Å². The van der Waals surface area contributed by atoms with Gasteiger partial charge in [0.2, 0.25) is 0 Å². The Hall–Kier alpha value is -0.810. The predicted octanol–water partition coefficient (Wildman–Crippen LogP) is 4.28. The molecule has 1 nitrogen and oxygen atoms in total. The first-order chi connectivity index (χ1) is 7.02. The molecule has 0 fully saturated rings. The van der Waals surface area contributed by atoms with Crippen molar-refractivity contribution in [1.82, 2.24) is 0 Å². The van der Waals surface area contributed by atoms with E-state index in [0.29, 0.717) is 0 Å². The molecule has 0 aliphatic rings. The number of carbonyl (C=O) groups excluding carboxylic acids is 1. The molecule has 0 amide bonds. The lowest BCUT2D eigenvalue weighted by Crippen LogP contribution is -2.07. The predicted molar refractivity (Wildman–Crippen MR) is 65.9 cm³/mol. The summed E-state index contributed by atoms with van der Waals surface area (Å²) in [5, 5.41) is 0. The number of hydrogen-bond donors (Lipinski definition) is 0. The normalized spacial score (nSPS) is 10.7. The maximum atomic E-state index is 10.7. The van der Waals surface area contributed by atoms with Crippen molar-refractivity contribution in [3.63, 3.8) is 0 Å². The molecule has 0 heterocycles. The summed E-state index contributed by atoms with van der Waals surface area (Å²) in [7, 11) is 0. The van der Waals surface area contributed by atoms with Gasteiger partial charge in [-0.25, -0.2) is 0 Å². The Kier molecular flexibility index (Phi) is 7.07. The summed E-state index contributed by atoms with van der Waals surface area (Å²) < 4.78 is 0. The van der Waals surface area contributed by atoms with Gasteiger partial charge in [0, 0.05) is 5.41 Å². The van der Waals surface area contributed by atoms with Crippen molar-refractivity contribution in [3.05, 3.63) is 17.4 Å². The highest BCUT2D eigenvalue weighted by Crippen LogP contribution is 2.13. The van der Waals surface area contributed by atoms with Gasteiger partial charge in [-0.15, -0.1) is 5.73 Å². The molecule has 0 spiro atoms. The molecule has 0 N–H and O–H groups in total. The zero-order valence-electron chi connectivity index (χ0n) is 10.6. The number of aldehydes is 1. The fourth-order valence-electron chi connectivity index (χ4n) is 1.23. The van der Waals surface area contributed by atoms with Crippen LogP contribution in [0.15, 0.2) is 17.4 Å². The largest absolute Gasteiger partial charge is 0.302 e. The maximum absolute atomic E-state index is 10.7. The van der Waals surface area contributed by atoms with Crippen LogP contribution in [0.4, 0.5) is 0 Å². The third-order valence-corrected chi connectivity index (χ3v) is 2.40. The molecule has 0 saturated heterocycles. The van der Waals surface area contributed by atoms with Crippen LogP contribution in [-0.2, 0) is 4.79 Å². The van der Waals surface area contributed by atoms with Crippen LogP contribution in [0.5, 0.6) is 0 Å². The molecular formula is C14H24O. The smallest absolute Gasteiger partial charge is 0.129 e. The van der Waals surface area contributed by atoms with Crippen molar-refractivity contribution in [2.75, 3.05) is 0 Å². The van der Waals surface area contributed by atoms with Gasteiger partial charge in [0.05, 0.1) is 0 Å². The van der Waals surface area contributed by atoms with Gasteiger partial charge in [0.15, 0.2) is 0 Å². The lowest BCUT2D eigenvalue weighted by Gasteiger charge is -2.07. The van der Waals surface area contributed by atoms with Gasteiger partial charge in [-0.05, 0) is 45.3 Å². The SMILES string of the molecule is CCCCCCC(C)=C=CC(C)(C)C=O. The van der Waals surface area contributed by atoms with E-state index in [-0.39, 0.29) is 5.41 Å². The Labute approximate surface area is 94.3 Å². The summed E-state index contributed by atoms with van der Waals surface area (Å²) in [5.74, 6) is 0. The van der Waals surface area contributed by atoms with Crippen molar-refractivity contribution < 1.29 is 4.79 Å². The maximum Gasteiger partial charge on any atom is 0.129 e. The van der Waals surface area contributed by atoms with Crippen molar-refractivity contribution in [2.24, 2.45) is 5.41 Å². The minimum atomic E-state index is -0.370. The third-order valence-electron chi connectivity index (χ3n) is 2.40. The lowest BCUT2D eigenvalue weighted by molar-refractivity contribution is -0.112. The van der Waals surface area contributed by atoms with E-state index in [9.17, 15) is 4.79 Å². The van der Waals surface area contributed by atoms with E-state index in [0.717, 1.165) is 12.7 Å². The quantitative estimate of drug-likeness (QED) is 0.346. The topological polar surface area (TPSA) is 17.1 Å². The number of carbonyl (C=O) groups is 1. The van der Waals surface area contributed by atoms with Gasteiger partial charge in [-0.1, -0.05) is 26.2 Å². The Morgan fingerprint density at radius 3 is 2.47 bits per heavy atom. The van der Waals surface area contributed by atoms with Gasteiger partial charge < -0.3 is 4.79 Å². The zero-order valence-corrected chi connectivity index (χ0v) is 10.6. The van der Waals surface area contributed by atoms with Crippen LogP contribution < -0.4 is 0 Å². The number of rotatable bonds is 7. The molecule has 0 aliphatic carbocycles. The van der Waals surface area contributed by atoms with E-state index in [1.165, 1.54) is 31.3 Å². The molecule has 0 aromatic carbocycles. The number of hydrogen-bond acceptors (Lipinski definition) is 1. The molecule has 15 heavy (non-hydrogen) atoms. The summed E-state index contributed by atoms with van der Waals surface area (Å²) >= 11 is 0. The average molecular weight is 208 g/mol. The summed E-state index contributed by atoms with van der Waals surface area (Å²) in [6.07, 6.45) is 9.06. The van der Waals surface area contributed by atoms with Crippen LogP contribution in [0.1, 0.15) is 59.8 Å². The third kappa shape index (κ3) is 8.20. The van der Waals surface area contributed by atoms with E-state index >= 15 is 0 Å². The summed E-state index contributed by atoms with van der Waals surface area (Å²) in [6.45, 7) is 8.10. The minimum Gasteiger partial charge on any atom is -0.302 e. The first kappa shape index (κ1) is 14.2. The van der Waals surface area contributed by atoms with E-state index in [1.807, 2.05) is 19.9 Å². The van der Waals surface area contributed by atoms with Crippen molar-refractivity contribution in [1.29, 1.82) is 0 Å². The first-order valence-electron chi connectivity index (χ1n) is 5.91. The molecule has 0 rings (SSSR count). The monoisotopic (exact) mass is 208 g/mol. The first-order valence-corrected chi connectivity index (χ1v) is 5.91. The summed E-state index contributed by atoms with van der Waals surface area (Å²) in [6, 6.07) is 0. The highest BCUT2D eigenvalue weighted by atomic mass is 16.1. The fourth-order valence-corrected chi connectivity index (χ4v) is 1.23. The Balaban J connectivity index is 4.02. The van der Waals surface area contributed by atoms with Gasteiger partial charge in [-0.2, -0.15) is 0 Å². The van der Waals surface area contributed by atoms with E-state index in [4.69, 9.17) is 0 Å². The lowest BCUT2D eigenvalue weighted by atomic mass is 9.95. The average Bonchev–Trinajstić information content (AvgIpc) is 2.22. The van der Waals surface area contributed by atoms with Gasteiger partial charge in [0.1, 0.15) is 6.29 Å². The second-order valence-corrected chi connectivity index (χ2v) is 4.82. The molecule has 0 radical (unpaired) electrons.